The van der Waals surface area contributed by atoms with Gasteiger partial charge in [0.1, 0.15) is 5.75 Å². The molecule has 2 rings (SSSR count). The molecule has 0 radical (unpaired) electrons. The number of ketones is 1. The smallest absolute Gasteiger partial charge is 0.273 e. The van der Waals surface area contributed by atoms with Crippen LogP contribution in [0.4, 0.5) is 5.69 Å². The highest BCUT2D eigenvalue weighted by molar-refractivity contribution is 7.14. The summed E-state index contributed by atoms with van der Waals surface area (Å²) in [4.78, 5) is 23.8. The van der Waals surface area contributed by atoms with Crippen LogP contribution in [0.1, 0.15) is 21.5 Å². The number of carbonyl (C=O) groups is 1. The molecular formula is C14H13NO4S. The first-order valence-electron chi connectivity index (χ1n) is 6.09. The van der Waals surface area contributed by atoms with Crippen molar-refractivity contribution in [3.8, 4) is 5.75 Å². The highest BCUT2D eigenvalue weighted by Gasteiger charge is 2.11. The topological polar surface area (TPSA) is 69.4 Å². The van der Waals surface area contributed by atoms with E-state index in [1.165, 1.54) is 29.5 Å². The van der Waals surface area contributed by atoms with Gasteiger partial charge in [-0.3, -0.25) is 14.9 Å². The minimum absolute atomic E-state index is 0.0562. The number of nitro benzene ring substituents is 1. The van der Waals surface area contributed by atoms with Crippen LogP contribution in [0.5, 0.6) is 5.75 Å². The predicted molar refractivity (Wildman–Crippen MR) is 76.6 cm³/mol. The van der Waals surface area contributed by atoms with Crippen molar-refractivity contribution in [2.75, 3.05) is 6.61 Å². The number of ether oxygens (including phenoxy) is 1. The lowest BCUT2D eigenvalue weighted by molar-refractivity contribution is -0.384. The van der Waals surface area contributed by atoms with Crippen molar-refractivity contribution in [1.82, 2.24) is 0 Å². The molecule has 1 aromatic heterocycles. The largest absolute Gasteiger partial charge is 0.485 e. The number of aryl methyl sites for hydroxylation is 1. The van der Waals surface area contributed by atoms with E-state index in [0.29, 0.717) is 10.6 Å². The molecule has 0 atom stereocenters. The molecule has 20 heavy (non-hydrogen) atoms. The van der Waals surface area contributed by atoms with Crippen molar-refractivity contribution >= 4 is 22.8 Å². The van der Waals surface area contributed by atoms with Crippen LogP contribution in [0.15, 0.2) is 36.4 Å². The summed E-state index contributed by atoms with van der Waals surface area (Å²) >= 11 is 1.45. The lowest BCUT2D eigenvalue weighted by Gasteiger charge is -2.04. The van der Waals surface area contributed by atoms with Crippen molar-refractivity contribution in [2.45, 2.75) is 13.3 Å². The Kier molecular flexibility index (Phi) is 4.47. The molecule has 5 nitrogen and oxygen atoms in total. The number of hydrogen-bond acceptors (Lipinski definition) is 5. The van der Waals surface area contributed by atoms with Crippen LogP contribution in [-0.2, 0) is 6.42 Å². The van der Waals surface area contributed by atoms with Crippen LogP contribution < -0.4 is 4.74 Å². The molecule has 0 saturated heterocycles. The van der Waals surface area contributed by atoms with E-state index < -0.39 is 4.92 Å². The second-order valence-corrected chi connectivity index (χ2v) is 5.25. The third-order valence-corrected chi connectivity index (χ3v) is 3.95. The number of thiophene rings is 1. The first-order chi connectivity index (χ1) is 9.60. The third-order valence-electron chi connectivity index (χ3n) is 2.68. The molecule has 0 spiro atoms. The van der Waals surface area contributed by atoms with E-state index in [1.807, 2.05) is 13.0 Å². The van der Waals surface area contributed by atoms with E-state index in [4.69, 9.17) is 4.74 Å². The second-order valence-electron chi connectivity index (χ2n) is 4.09. The predicted octanol–water partition coefficient (Wildman–Crippen LogP) is 3.48. The summed E-state index contributed by atoms with van der Waals surface area (Å²) in [7, 11) is 0. The SMILES string of the molecule is CCc1ccc(C(=O)COc2cccc([N+](=O)[O-])c2)s1. The van der Waals surface area contributed by atoms with Crippen LogP contribution in [0.2, 0.25) is 0 Å². The number of carbonyl (C=O) groups excluding carboxylic acids is 1. The zero-order valence-corrected chi connectivity index (χ0v) is 11.7. The molecule has 0 unspecified atom stereocenters. The van der Waals surface area contributed by atoms with Crippen molar-refractivity contribution in [2.24, 2.45) is 0 Å². The van der Waals surface area contributed by atoms with Gasteiger partial charge in [-0.1, -0.05) is 13.0 Å². The second kappa shape index (κ2) is 6.29. The van der Waals surface area contributed by atoms with Gasteiger partial charge >= 0.3 is 0 Å². The number of non-ortho nitro benzene ring substituents is 1. The fraction of sp³-hybridized carbons (Fsp3) is 0.214. The molecular weight excluding hydrogens is 278 g/mol. The number of rotatable bonds is 6. The quantitative estimate of drug-likeness (QED) is 0.464. The zero-order valence-electron chi connectivity index (χ0n) is 10.9. The normalized spacial score (nSPS) is 10.2. The Morgan fingerprint density at radius 1 is 1.35 bits per heavy atom. The molecule has 1 aromatic carbocycles. The molecule has 1 heterocycles. The molecule has 0 fully saturated rings. The number of Topliss-reactive ketones (excluding diaryl/α,β-unsaturated/α-hetero) is 1. The van der Waals surface area contributed by atoms with Gasteiger partial charge in [-0.05, 0) is 24.6 Å². The first kappa shape index (κ1) is 14.2. The van der Waals surface area contributed by atoms with Crippen molar-refractivity contribution in [3.05, 3.63) is 56.3 Å². The maximum atomic E-state index is 11.9. The first-order valence-corrected chi connectivity index (χ1v) is 6.91. The van der Waals surface area contributed by atoms with Gasteiger partial charge in [-0.15, -0.1) is 11.3 Å². The van der Waals surface area contributed by atoms with Gasteiger partial charge in [0, 0.05) is 10.9 Å². The number of nitrogens with zero attached hydrogens (tertiary/aromatic N) is 1. The third kappa shape index (κ3) is 3.42. The fourth-order valence-corrected chi connectivity index (χ4v) is 2.50. The van der Waals surface area contributed by atoms with E-state index in [2.05, 4.69) is 0 Å². The minimum atomic E-state index is -0.499. The molecule has 0 N–H and O–H groups in total. The lowest BCUT2D eigenvalue weighted by Crippen LogP contribution is -2.10. The Morgan fingerprint density at radius 2 is 2.15 bits per heavy atom. The van der Waals surface area contributed by atoms with E-state index >= 15 is 0 Å². The van der Waals surface area contributed by atoms with E-state index in [1.54, 1.807) is 12.1 Å². The molecule has 0 aliphatic rings. The Hall–Kier alpha value is -2.21. The van der Waals surface area contributed by atoms with Gasteiger partial charge in [-0.25, -0.2) is 0 Å². The molecule has 6 heteroatoms. The van der Waals surface area contributed by atoms with Gasteiger partial charge < -0.3 is 4.74 Å². The summed E-state index contributed by atoms with van der Waals surface area (Å²) in [6.07, 6.45) is 0.893. The maximum Gasteiger partial charge on any atom is 0.273 e. The summed E-state index contributed by atoms with van der Waals surface area (Å²) in [6, 6.07) is 9.50. The van der Waals surface area contributed by atoms with Gasteiger partial charge in [-0.2, -0.15) is 0 Å². The van der Waals surface area contributed by atoms with Gasteiger partial charge in [0.25, 0.3) is 5.69 Å². The van der Waals surface area contributed by atoms with E-state index in [9.17, 15) is 14.9 Å². The van der Waals surface area contributed by atoms with E-state index in [-0.39, 0.29) is 18.1 Å². The number of hydrogen-bond donors (Lipinski definition) is 0. The molecule has 0 aliphatic heterocycles. The van der Waals surface area contributed by atoms with Crippen molar-refractivity contribution in [1.29, 1.82) is 0 Å². The van der Waals surface area contributed by atoms with Crippen LogP contribution in [0, 0.1) is 10.1 Å². The highest BCUT2D eigenvalue weighted by Crippen LogP contribution is 2.21. The standard InChI is InChI=1S/C14H13NO4S/c1-2-12-6-7-14(20-12)13(16)9-19-11-5-3-4-10(8-11)15(17)18/h3-8H,2,9H2,1H3. The molecule has 0 saturated carbocycles. The summed E-state index contributed by atoms with van der Waals surface area (Å²) in [5, 5.41) is 10.6. The number of nitro groups is 1. The summed E-state index contributed by atoms with van der Waals surface area (Å²) in [6.45, 7) is 1.91. The van der Waals surface area contributed by atoms with Crippen LogP contribution >= 0.6 is 11.3 Å². The van der Waals surface area contributed by atoms with E-state index in [0.717, 1.165) is 11.3 Å². The Balaban J connectivity index is 1.99. The Bertz CT molecular complexity index is 636. The molecule has 0 aliphatic carbocycles. The Morgan fingerprint density at radius 3 is 2.80 bits per heavy atom. The van der Waals surface area contributed by atoms with Gasteiger partial charge in [0.15, 0.2) is 6.61 Å². The van der Waals surface area contributed by atoms with Crippen LogP contribution in [0.3, 0.4) is 0 Å². The average molecular weight is 291 g/mol. The highest BCUT2D eigenvalue weighted by atomic mass is 32.1. The molecule has 2 aromatic rings. The zero-order chi connectivity index (χ0) is 14.5. The van der Waals surface area contributed by atoms with Crippen LogP contribution in [-0.4, -0.2) is 17.3 Å². The summed E-state index contributed by atoms with van der Waals surface area (Å²) in [5.74, 6) is 0.195. The molecule has 0 bridgehead atoms. The van der Waals surface area contributed by atoms with Crippen molar-refractivity contribution < 1.29 is 14.5 Å². The molecule has 0 amide bonds. The average Bonchev–Trinajstić information content (AvgIpc) is 2.94. The number of benzene rings is 1. The van der Waals surface area contributed by atoms with Gasteiger partial charge in [0.2, 0.25) is 5.78 Å². The summed E-state index contributed by atoms with van der Waals surface area (Å²) in [5.41, 5.74) is -0.0562. The maximum absolute atomic E-state index is 11.9. The van der Waals surface area contributed by atoms with Crippen LogP contribution in [0.25, 0.3) is 0 Å². The fourth-order valence-electron chi connectivity index (χ4n) is 1.62. The lowest BCUT2D eigenvalue weighted by atomic mass is 10.3. The van der Waals surface area contributed by atoms with Crippen molar-refractivity contribution in [3.63, 3.8) is 0 Å². The van der Waals surface area contributed by atoms with Gasteiger partial charge in [0.05, 0.1) is 15.9 Å². The molecule has 104 valence electrons. The monoisotopic (exact) mass is 291 g/mol. The minimum Gasteiger partial charge on any atom is -0.485 e. The Labute approximate surface area is 120 Å². The summed E-state index contributed by atoms with van der Waals surface area (Å²) < 4.78 is 5.31.